The van der Waals surface area contributed by atoms with Gasteiger partial charge in [-0.3, -0.25) is 0 Å². The van der Waals surface area contributed by atoms with Crippen molar-refractivity contribution >= 4 is 21.9 Å². The van der Waals surface area contributed by atoms with Crippen LogP contribution >= 0.6 is 15.9 Å². The number of esters is 1. The van der Waals surface area contributed by atoms with Crippen LogP contribution in [0.25, 0.3) is 0 Å². The predicted octanol–water partition coefficient (Wildman–Crippen LogP) is 0.832. The molecule has 17 heavy (non-hydrogen) atoms. The Balaban J connectivity index is 2.08. The topological polar surface area (TPSA) is 60.5 Å². The number of carbonyl (C=O) groups is 1. The average Bonchev–Trinajstić information content (AvgIpc) is 2.29. The Labute approximate surface area is 108 Å². The van der Waals surface area contributed by atoms with Gasteiger partial charge in [0.25, 0.3) is 0 Å². The number of hydrogen-bond acceptors (Lipinski definition) is 5. The molecule has 0 radical (unpaired) electrons. The van der Waals surface area contributed by atoms with E-state index < -0.39 is 5.60 Å². The Hall–Kier alpha value is -0.980. The fourth-order valence-corrected chi connectivity index (χ4v) is 1.88. The van der Waals surface area contributed by atoms with Crippen LogP contribution in [0.5, 0.6) is 0 Å². The summed E-state index contributed by atoms with van der Waals surface area (Å²) in [6.07, 6.45) is 1.75. The Morgan fingerprint density at radius 2 is 2.35 bits per heavy atom. The molecule has 0 unspecified atom stereocenters. The molecule has 2 heterocycles. The highest BCUT2D eigenvalue weighted by atomic mass is 79.9. The monoisotopic (exact) mass is 300 g/mol. The molecule has 6 heteroatoms. The fraction of sp³-hybridized carbons (Fsp3) is 0.455. The van der Waals surface area contributed by atoms with E-state index in [9.17, 15) is 4.79 Å². The number of carbonyl (C=O) groups excluding carboxylic acids is 1. The molecule has 0 spiro atoms. The zero-order chi connectivity index (χ0) is 12.3. The second-order valence-corrected chi connectivity index (χ2v) is 4.64. The zero-order valence-electron chi connectivity index (χ0n) is 9.40. The van der Waals surface area contributed by atoms with Crippen LogP contribution in [0.1, 0.15) is 5.56 Å². The summed E-state index contributed by atoms with van der Waals surface area (Å²) in [5.41, 5.74) is 0.505. The minimum absolute atomic E-state index is 0.0474. The molecule has 0 aromatic carbocycles. The lowest BCUT2D eigenvalue weighted by Crippen LogP contribution is -2.59. The van der Waals surface area contributed by atoms with Crippen molar-refractivity contribution in [2.24, 2.45) is 0 Å². The molecule has 1 aromatic heterocycles. The molecule has 1 aromatic rings. The number of hydrogen-bond donors (Lipinski definition) is 1. The van der Waals surface area contributed by atoms with E-state index in [0.29, 0.717) is 13.1 Å². The Morgan fingerprint density at radius 3 is 2.82 bits per heavy atom. The molecule has 0 bridgehead atoms. The van der Waals surface area contributed by atoms with E-state index in [1.807, 2.05) is 12.1 Å². The quantitative estimate of drug-likeness (QED) is 0.659. The first-order valence-corrected chi connectivity index (χ1v) is 5.99. The van der Waals surface area contributed by atoms with Crippen molar-refractivity contribution in [2.75, 3.05) is 26.8 Å². The maximum absolute atomic E-state index is 11.1. The highest BCUT2D eigenvalue weighted by molar-refractivity contribution is 9.10. The average molecular weight is 301 g/mol. The predicted molar refractivity (Wildman–Crippen MR) is 64.5 cm³/mol. The van der Waals surface area contributed by atoms with Crippen LogP contribution in [-0.2, 0) is 19.9 Å². The van der Waals surface area contributed by atoms with Gasteiger partial charge in [-0.15, -0.1) is 0 Å². The van der Waals surface area contributed by atoms with Crippen molar-refractivity contribution in [3.63, 3.8) is 0 Å². The van der Waals surface area contributed by atoms with Crippen molar-refractivity contribution in [3.05, 3.63) is 28.5 Å². The van der Waals surface area contributed by atoms with Crippen molar-refractivity contribution in [1.82, 2.24) is 10.3 Å². The smallest absolute Gasteiger partial charge is 0.331 e. The molecule has 0 atom stereocenters. The number of methoxy groups -OCH3 is 1. The van der Waals surface area contributed by atoms with Gasteiger partial charge >= 0.3 is 5.97 Å². The summed E-state index contributed by atoms with van der Waals surface area (Å²) >= 11 is 3.28. The molecule has 1 saturated heterocycles. The largest absolute Gasteiger partial charge is 0.467 e. The number of pyridine rings is 1. The van der Waals surface area contributed by atoms with Crippen LogP contribution in [0, 0.1) is 0 Å². The summed E-state index contributed by atoms with van der Waals surface area (Å²) in [6, 6.07) is 3.80. The van der Waals surface area contributed by atoms with E-state index >= 15 is 0 Å². The maximum Gasteiger partial charge on any atom is 0.331 e. The van der Waals surface area contributed by atoms with E-state index in [0.717, 1.165) is 10.2 Å². The standard InChI is InChI=1S/C11H13BrN2O3/c1-16-10(15)5-17-11(6-13-7-11)8-2-3-9(12)14-4-8/h2-4,13H,5-7H2,1H3. The first-order chi connectivity index (χ1) is 8.16. The van der Waals surface area contributed by atoms with E-state index in [4.69, 9.17) is 4.74 Å². The van der Waals surface area contributed by atoms with Gasteiger partial charge < -0.3 is 14.8 Å². The van der Waals surface area contributed by atoms with Gasteiger partial charge in [-0.05, 0) is 22.0 Å². The Morgan fingerprint density at radius 1 is 1.59 bits per heavy atom. The van der Waals surface area contributed by atoms with Gasteiger partial charge in [-0.2, -0.15) is 0 Å². The lowest BCUT2D eigenvalue weighted by Gasteiger charge is -2.42. The van der Waals surface area contributed by atoms with Gasteiger partial charge in [-0.1, -0.05) is 6.07 Å². The Kier molecular flexibility index (Phi) is 3.76. The normalized spacial score (nSPS) is 17.3. The number of ether oxygens (including phenoxy) is 2. The molecular weight excluding hydrogens is 288 g/mol. The molecule has 0 aliphatic carbocycles. The lowest BCUT2D eigenvalue weighted by atomic mass is 9.89. The molecule has 5 nitrogen and oxygen atoms in total. The first kappa shape index (κ1) is 12.5. The number of rotatable bonds is 4. The molecular formula is C11H13BrN2O3. The highest BCUT2D eigenvalue weighted by Crippen LogP contribution is 2.30. The van der Waals surface area contributed by atoms with E-state index in [2.05, 4.69) is 31.0 Å². The molecule has 1 aliphatic heterocycles. The third kappa shape index (κ3) is 2.65. The summed E-state index contributed by atoms with van der Waals surface area (Å²) in [6.45, 7) is 1.30. The molecule has 1 N–H and O–H groups in total. The first-order valence-electron chi connectivity index (χ1n) is 5.20. The summed E-state index contributed by atoms with van der Waals surface area (Å²) < 4.78 is 11.0. The van der Waals surface area contributed by atoms with Gasteiger partial charge in [0.05, 0.1) is 7.11 Å². The molecule has 1 aliphatic rings. The number of aromatic nitrogens is 1. The van der Waals surface area contributed by atoms with Crippen LogP contribution in [0.2, 0.25) is 0 Å². The fourth-order valence-electron chi connectivity index (χ4n) is 1.64. The number of nitrogens with one attached hydrogen (secondary N) is 1. The number of nitrogens with zero attached hydrogens (tertiary/aromatic N) is 1. The molecule has 92 valence electrons. The maximum atomic E-state index is 11.1. The minimum Gasteiger partial charge on any atom is -0.467 e. The minimum atomic E-state index is -0.456. The Bertz CT molecular complexity index is 404. The van der Waals surface area contributed by atoms with Crippen LogP contribution in [0.4, 0.5) is 0 Å². The highest BCUT2D eigenvalue weighted by Gasteiger charge is 2.40. The van der Waals surface area contributed by atoms with Crippen molar-refractivity contribution in [2.45, 2.75) is 5.60 Å². The van der Waals surface area contributed by atoms with Crippen LogP contribution in [-0.4, -0.2) is 37.8 Å². The molecule has 2 rings (SSSR count). The SMILES string of the molecule is COC(=O)COC1(c2ccc(Br)nc2)CNC1. The van der Waals surface area contributed by atoms with Gasteiger partial charge in [0.15, 0.2) is 0 Å². The molecule has 0 saturated carbocycles. The van der Waals surface area contributed by atoms with Crippen LogP contribution < -0.4 is 5.32 Å². The van der Waals surface area contributed by atoms with Gasteiger partial charge in [0, 0.05) is 24.8 Å². The van der Waals surface area contributed by atoms with Crippen LogP contribution in [0.3, 0.4) is 0 Å². The van der Waals surface area contributed by atoms with E-state index in [1.165, 1.54) is 7.11 Å². The zero-order valence-corrected chi connectivity index (χ0v) is 11.0. The van der Waals surface area contributed by atoms with Crippen molar-refractivity contribution in [3.8, 4) is 0 Å². The molecule has 0 amide bonds. The van der Waals surface area contributed by atoms with E-state index in [1.54, 1.807) is 6.20 Å². The second kappa shape index (κ2) is 5.12. The second-order valence-electron chi connectivity index (χ2n) is 3.83. The van der Waals surface area contributed by atoms with Gasteiger partial charge in [0.2, 0.25) is 0 Å². The molecule has 1 fully saturated rings. The van der Waals surface area contributed by atoms with Crippen molar-refractivity contribution < 1.29 is 14.3 Å². The van der Waals surface area contributed by atoms with Gasteiger partial charge in [0.1, 0.15) is 16.8 Å². The third-order valence-electron chi connectivity index (χ3n) is 2.77. The summed E-state index contributed by atoms with van der Waals surface area (Å²) in [7, 11) is 1.35. The summed E-state index contributed by atoms with van der Waals surface area (Å²) in [5, 5.41) is 3.14. The summed E-state index contributed by atoms with van der Waals surface area (Å²) in [4.78, 5) is 15.3. The van der Waals surface area contributed by atoms with E-state index in [-0.39, 0.29) is 12.6 Å². The van der Waals surface area contributed by atoms with Crippen molar-refractivity contribution in [1.29, 1.82) is 0 Å². The number of halogens is 1. The lowest BCUT2D eigenvalue weighted by molar-refractivity contribution is -0.158. The third-order valence-corrected chi connectivity index (χ3v) is 3.24. The van der Waals surface area contributed by atoms with Crippen LogP contribution in [0.15, 0.2) is 22.9 Å². The van der Waals surface area contributed by atoms with Gasteiger partial charge in [-0.25, -0.2) is 9.78 Å². The summed E-state index contributed by atoms with van der Waals surface area (Å²) in [5.74, 6) is -0.374.